The maximum atomic E-state index is 12.6. The molecule has 2 aromatic rings. The first-order valence-electron chi connectivity index (χ1n) is 8.74. The first kappa shape index (κ1) is 19.9. The molecular weight excluding hydrogens is 388 g/mol. The van der Waals surface area contributed by atoms with Crippen LogP contribution in [0.5, 0.6) is 0 Å². The Morgan fingerprint density at radius 2 is 1.85 bits per heavy atom. The average molecular weight is 411 g/mol. The second-order valence-corrected chi connectivity index (χ2v) is 9.35. The minimum atomic E-state index is -3.44. The van der Waals surface area contributed by atoms with Crippen molar-refractivity contribution in [2.24, 2.45) is 0 Å². The van der Waals surface area contributed by atoms with Crippen molar-refractivity contribution in [2.75, 3.05) is 26.2 Å². The summed E-state index contributed by atoms with van der Waals surface area (Å²) in [6, 6.07) is 5.67. The van der Waals surface area contributed by atoms with Crippen molar-refractivity contribution in [1.29, 1.82) is 0 Å². The van der Waals surface area contributed by atoms with Gasteiger partial charge in [0.2, 0.25) is 10.0 Å². The molecule has 0 amide bonds. The molecule has 27 heavy (non-hydrogen) atoms. The second-order valence-electron chi connectivity index (χ2n) is 6.44. The Morgan fingerprint density at radius 1 is 1.19 bits per heavy atom. The third-order valence-electron chi connectivity index (χ3n) is 4.51. The van der Waals surface area contributed by atoms with Crippen molar-refractivity contribution in [3.05, 3.63) is 56.0 Å². The fraction of sp³-hybridized carbons (Fsp3) is 0.471. The molecule has 0 bridgehead atoms. The predicted octanol–water partition coefficient (Wildman–Crippen LogP) is 2.26. The van der Waals surface area contributed by atoms with Gasteiger partial charge in [-0.1, -0.05) is 19.1 Å². The summed E-state index contributed by atoms with van der Waals surface area (Å²) < 4.78 is 26.8. The highest BCUT2D eigenvalue weighted by Crippen LogP contribution is 2.18. The Hall–Kier alpha value is -1.88. The van der Waals surface area contributed by atoms with Crippen LogP contribution in [0.2, 0.25) is 0 Å². The van der Waals surface area contributed by atoms with Crippen LogP contribution in [0.25, 0.3) is 0 Å². The summed E-state index contributed by atoms with van der Waals surface area (Å²) in [5.74, 6) is -0.142. The molecule has 0 spiro atoms. The van der Waals surface area contributed by atoms with Crippen LogP contribution >= 0.6 is 11.3 Å². The number of hydrogen-bond acceptors (Lipinski definition) is 7. The minimum absolute atomic E-state index is 0.0435. The number of hydrogen-bond donors (Lipinski definition) is 0. The number of nitro groups is 1. The highest BCUT2D eigenvalue weighted by Gasteiger charge is 2.27. The molecule has 0 radical (unpaired) electrons. The van der Waals surface area contributed by atoms with Crippen molar-refractivity contribution in [3.63, 3.8) is 0 Å². The first-order valence-corrected chi connectivity index (χ1v) is 11.2. The van der Waals surface area contributed by atoms with E-state index in [4.69, 9.17) is 0 Å². The van der Waals surface area contributed by atoms with E-state index in [1.165, 1.54) is 28.6 Å². The van der Waals surface area contributed by atoms with E-state index >= 15 is 0 Å². The molecule has 3 rings (SSSR count). The van der Waals surface area contributed by atoms with Crippen molar-refractivity contribution >= 4 is 27.0 Å². The number of nitro benzene ring substituents is 1. The molecule has 1 aliphatic heterocycles. The van der Waals surface area contributed by atoms with E-state index in [0.717, 1.165) is 23.7 Å². The quantitative estimate of drug-likeness (QED) is 0.513. The molecule has 1 aromatic heterocycles. The molecule has 1 aliphatic rings. The zero-order valence-electron chi connectivity index (χ0n) is 15.1. The van der Waals surface area contributed by atoms with Gasteiger partial charge in [-0.3, -0.25) is 15.0 Å². The van der Waals surface area contributed by atoms with E-state index in [0.29, 0.717) is 31.7 Å². The third kappa shape index (κ3) is 5.10. The molecule has 0 aliphatic carbocycles. The molecule has 1 fully saturated rings. The summed E-state index contributed by atoms with van der Waals surface area (Å²) in [4.78, 5) is 17.0. The van der Waals surface area contributed by atoms with Gasteiger partial charge in [-0.15, -0.1) is 11.3 Å². The van der Waals surface area contributed by atoms with Crippen LogP contribution in [-0.2, 0) is 28.7 Å². The second kappa shape index (κ2) is 8.42. The summed E-state index contributed by atoms with van der Waals surface area (Å²) in [6.45, 7) is 5.04. The number of aromatic nitrogens is 1. The SMILES string of the molecule is CCc1nc(CN2CCN(S(=O)(=O)Cc3ccc([N+](=O)[O-])cc3)CC2)cs1. The van der Waals surface area contributed by atoms with Crippen LogP contribution in [0, 0.1) is 10.1 Å². The van der Waals surface area contributed by atoms with Crippen LogP contribution in [-0.4, -0.2) is 53.7 Å². The smallest absolute Gasteiger partial charge is 0.269 e. The standard InChI is InChI=1S/C17H22N4O4S2/c1-2-17-18-15(12-26-17)11-19-7-9-20(10-8-19)27(24,25)13-14-3-5-16(6-4-14)21(22)23/h3-6,12H,2,7-11,13H2,1H3. The highest BCUT2D eigenvalue weighted by atomic mass is 32.2. The largest absolute Gasteiger partial charge is 0.295 e. The number of nitrogens with zero attached hydrogens (tertiary/aromatic N) is 4. The first-order chi connectivity index (χ1) is 12.9. The molecule has 0 saturated carbocycles. The molecular formula is C17H22N4O4S2. The highest BCUT2D eigenvalue weighted by molar-refractivity contribution is 7.88. The van der Waals surface area contributed by atoms with E-state index in [2.05, 4.69) is 22.2 Å². The molecule has 146 valence electrons. The van der Waals surface area contributed by atoms with Gasteiger partial charge in [0, 0.05) is 50.2 Å². The molecule has 10 heteroatoms. The van der Waals surface area contributed by atoms with Crippen LogP contribution in [0.4, 0.5) is 5.69 Å². The summed E-state index contributed by atoms with van der Waals surface area (Å²) >= 11 is 1.66. The van der Waals surface area contributed by atoms with Crippen molar-refractivity contribution < 1.29 is 13.3 Å². The molecule has 1 aromatic carbocycles. The number of rotatable bonds is 7. The molecule has 1 saturated heterocycles. The van der Waals surface area contributed by atoms with Gasteiger partial charge in [0.1, 0.15) is 0 Å². The molecule has 0 unspecified atom stereocenters. The number of piperazine rings is 1. The Balaban J connectivity index is 1.55. The van der Waals surface area contributed by atoms with E-state index in [1.807, 2.05) is 0 Å². The van der Waals surface area contributed by atoms with E-state index in [1.54, 1.807) is 11.3 Å². The topological polar surface area (TPSA) is 96.7 Å². The Morgan fingerprint density at radius 3 is 2.41 bits per heavy atom. The summed E-state index contributed by atoms with van der Waals surface area (Å²) in [7, 11) is -3.44. The van der Waals surface area contributed by atoms with Crippen LogP contribution in [0.3, 0.4) is 0 Å². The van der Waals surface area contributed by atoms with E-state index < -0.39 is 14.9 Å². The van der Waals surface area contributed by atoms with Crippen LogP contribution in [0.1, 0.15) is 23.2 Å². The normalized spacial score (nSPS) is 16.5. The Labute approximate surface area is 162 Å². The van der Waals surface area contributed by atoms with Gasteiger partial charge in [0.05, 0.1) is 21.4 Å². The van der Waals surface area contributed by atoms with Crippen molar-refractivity contribution in [3.8, 4) is 0 Å². The lowest BCUT2D eigenvalue weighted by atomic mass is 10.2. The van der Waals surface area contributed by atoms with Gasteiger partial charge in [0.25, 0.3) is 5.69 Å². The number of non-ortho nitro benzene ring substituents is 1. The number of thiazole rings is 1. The lowest BCUT2D eigenvalue weighted by Crippen LogP contribution is -2.48. The van der Waals surface area contributed by atoms with Gasteiger partial charge in [0.15, 0.2) is 0 Å². The van der Waals surface area contributed by atoms with E-state index in [9.17, 15) is 18.5 Å². The summed E-state index contributed by atoms with van der Waals surface area (Å²) in [5, 5.41) is 13.9. The monoisotopic (exact) mass is 410 g/mol. The number of sulfonamides is 1. The number of benzene rings is 1. The summed E-state index contributed by atoms with van der Waals surface area (Å²) in [5.41, 5.74) is 1.55. The zero-order chi connectivity index (χ0) is 19.4. The number of aryl methyl sites for hydroxylation is 1. The lowest BCUT2D eigenvalue weighted by Gasteiger charge is -2.33. The van der Waals surface area contributed by atoms with Crippen molar-refractivity contribution in [1.82, 2.24) is 14.2 Å². The van der Waals surface area contributed by atoms with Gasteiger partial charge < -0.3 is 0 Å². The third-order valence-corrected chi connectivity index (χ3v) is 7.40. The fourth-order valence-corrected chi connectivity index (χ4v) is 5.25. The Kier molecular flexibility index (Phi) is 6.20. The van der Waals surface area contributed by atoms with Gasteiger partial charge >= 0.3 is 0 Å². The van der Waals surface area contributed by atoms with Crippen molar-refractivity contribution in [2.45, 2.75) is 25.6 Å². The van der Waals surface area contributed by atoms with Crippen LogP contribution < -0.4 is 0 Å². The average Bonchev–Trinajstić information content (AvgIpc) is 3.10. The zero-order valence-corrected chi connectivity index (χ0v) is 16.7. The predicted molar refractivity (Wildman–Crippen MR) is 104 cm³/mol. The Bertz CT molecular complexity index is 888. The maximum Gasteiger partial charge on any atom is 0.269 e. The van der Waals surface area contributed by atoms with Crippen LogP contribution in [0.15, 0.2) is 29.6 Å². The molecule has 0 N–H and O–H groups in total. The van der Waals surface area contributed by atoms with Gasteiger partial charge in [-0.05, 0) is 12.0 Å². The minimum Gasteiger partial charge on any atom is -0.295 e. The summed E-state index contributed by atoms with van der Waals surface area (Å²) in [6.07, 6.45) is 0.930. The maximum absolute atomic E-state index is 12.6. The molecule has 8 nitrogen and oxygen atoms in total. The van der Waals surface area contributed by atoms with Gasteiger partial charge in [-0.2, -0.15) is 4.31 Å². The lowest BCUT2D eigenvalue weighted by molar-refractivity contribution is -0.384. The van der Waals surface area contributed by atoms with Gasteiger partial charge in [-0.25, -0.2) is 13.4 Å². The molecule has 0 atom stereocenters. The van der Waals surface area contributed by atoms with E-state index in [-0.39, 0.29) is 11.4 Å². The fourth-order valence-electron chi connectivity index (χ4n) is 2.99. The molecule has 2 heterocycles.